The zero-order valence-corrected chi connectivity index (χ0v) is 16.6. The molecule has 0 amide bonds. The molecule has 0 saturated heterocycles. The lowest BCUT2D eigenvalue weighted by Gasteiger charge is -2.08. The fourth-order valence-electron chi connectivity index (χ4n) is 2.42. The van der Waals surface area contributed by atoms with Crippen LogP contribution in [0.4, 0.5) is 0 Å². The Morgan fingerprint density at radius 1 is 1.23 bits per heavy atom. The molecule has 3 rings (SSSR count). The summed E-state index contributed by atoms with van der Waals surface area (Å²) in [5, 5.41) is 12.3. The Hall–Kier alpha value is -2.32. The van der Waals surface area contributed by atoms with Crippen molar-refractivity contribution in [1.29, 1.82) is 0 Å². The molecule has 6 nitrogen and oxygen atoms in total. The molecule has 3 aromatic rings. The monoisotopic (exact) mass is 388 g/mol. The van der Waals surface area contributed by atoms with E-state index in [2.05, 4.69) is 22.2 Å². The zero-order valence-electron chi connectivity index (χ0n) is 14.9. The molecule has 0 aliphatic heterocycles. The van der Waals surface area contributed by atoms with Gasteiger partial charge in [0.1, 0.15) is 10.8 Å². The lowest BCUT2D eigenvalue weighted by Crippen LogP contribution is -2.00. The van der Waals surface area contributed by atoms with Crippen LogP contribution >= 0.6 is 23.1 Å². The number of benzene rings is 1. The van der Waals surface area contributed by atoms with Gasteiger partial charge in [0, 0.05) is 23.2 Å². The maximum Gasteiger partial charge on any atom is 0.191 e. The van der Waals surface area contributed by atoms with E-state index in [-0.39, 0.29) is 0 Å². The number of thioether (sulfide) groups is 1. The third-order valence-corrected chi connectivity index (χ3v) is 5.69. The van der Waals surface area contributed by atoms with Crippen LogP contribution in [0.15, 0.2) is 41.4 Å². The fourth-order valence-corrected chi connectivity index (χ4v) is 4.23. The van der Waals surface area contributed by atoms with E-state index in [1.165, 1.54) is 0 Å². The van der Waals surface area contributed by atoms with Gasteiger partial charge in [0.25, 0.3) is 0 Å². The molecule has 0 fully saturated rings. The lowest BCUT2D eigenvalue weighted by molar-refractivity contribution is 0.355. The van der Waals surface area contributed by atoms with Gasteiger partial charge in [-0.3, -0.25) is 0 Å². The average Bonchev–Trinajstić information content (AvgIpc) is 3.27. The Bertz CT molecular complexity index is 904. The molecule has 0 atom stereocenters. The first-order valence-corrected chi connectivity index (χ1v) is 9.83. The van der Waals surface area contributed by atoms with E-state index in [1.807, 2.05) is 35.8 Å². The molecule has 0 radical (unpaired) electrons. The predicted molar refractivity (Wildman–Crippen MR) is 105 cm³/mol. The zero-order chi connectivity index (χ0) is 18.5. The van der Waals surface area contributed by atoms with E-state index in [9.17, 15) is 0 Å². The minimum atomic E-state index is 0.698. The van der Waals surface area contributed by atoms with Crippen molar-refractivity contribution in [3.8, 4) is 22.1 Å². The highest BCUT2D eigenvalue weighted by molar-refractivity contribution is 7.98. The SMILES string of the molecule is C=CCn1c(C)nnc1SCc1csc(-c2ccc(OC)c(OC)c2)n1. The van der Waals surface area contributed by atoms with Crippen LogP contribution in [-0.4, -0.2) is 34.0 Å². The van der Waals surface area contributed by atoms with Crippen molar-refractivity contribution < 1.29 is 9.47 Å². The number of hydrogen-bond acceptors (Lipinski definition) is 7. The largest absolute Gasteiger partial charge is 0.493 e. The van der Waals surface area contributed by atoms with Gasteiger partial charge < -0.3 is 14.0 Å². The molecule has 0 spiro atoms. The Morgan fingerprint density at radius 3 is 2.77 bits per heavy atom. The molecule has 0 unspecified atom stereocenters. The minimum Gasteiger partial charge on any atom is -0.493 e. The van der Waals surface area contributed by atoms with Gasteiger partial charge in [-0.2, -0.15) is 0 Å². The van der Waals surface area contributed by atoms with Crippen LogP contribution in [0.2, 0.25) is 0 Å². The summed E-state index contributed by atoms with van der Waals surface area (Å²) in [7, 11) is 3.26. The first kappa shape index (κ1) is 18.5. The van der Waals surface area contributed by atoms with Gasteiger partial charge in [-0.15, -0.1) is 28.1 Å². The number of methoxy groups -OCH3 is 2. The molecule has 0 bridgehead atoms. The molecule has 0 saturated carbocycles. The molecule has 0 aliphatic rings. The van der Waals surface area contributed by atoms with Gasteiger partial charge in [-0.1, -0.05) is 17.8 Å². The van der Waals surface area contributed by atoms with Crippen molar-refractivity contribution in [2.24, 2.45) is 0 Å². The van der Waals surface area contributed by atoms with Crippen LogP contribution in [-0.2, 0) is 12.3 Å². The smallest absolute Gasteiger partial charge is 0.191 e. The van der Waals surface area contributed by atoms with Crippen molar-refractivity contribution >= 4 is 23.1 Å². The number of hydrogen-bond donors (Lipinski definition) is 0. The van der Waals surface area contributed by atoms with Crippen molar-refractivity contribution in [3.05, 3.63) is 47.8 Å². The summed E-state index contributed by atoms with van der Waals surface area (Å²) in [5.74, 6) is 3.03. The predicted octanol–water partition coefficient (Wildman–Crippen LogP) is 4.21. The first-order chi connectivity index (χ1) is 12.7. The normalized spacial score (nSPS) is 10.7. The topological polar surface area (TPSA) is 62.1 Å². The fraction of sp³-hybridized carbons (Fsp3) is 0.278. The van der Waals surface area contributed by atoms with E-state index in [0.29, 0.717) is 18.0 Å². The summed E-state index contributed by atoms with van der Waals surface area (Å²) in [6.45, 7) is 6.43. The Labute approximate surface area is 160 Å². The van der Waals surface area contributed by atoms with Crippen molar-refractivity contribution in [2.45, 2.75) is 24.4 Å². The summed E-state index contributed by atoms with van der Waals surface area (Å²) >= 11 is 3.23. The number of thiazole rings is 1. The van der Waals surface area contributed by atoms with E-state index in [0.717, 1.165) is 33.0 Å². The molecule has 26 heavy (non-hydrogen) atoms. The first-order valence-electron chi connectivity index (χ1n) is 7.96. The second kappa shape index (κ2) is 8.37. The maximum absolute atomic E-state index is 5.37. The van der Waals surface area contributed by atoms with E-state index >= 15 is 0 Å². The quantitative estimate of drug-likeness (QED) is 0.426. The van der Waals surface area contributed by atoms with Crippen molar-refractivity contribution in [2.75, 3.05) is 14.2 Å². The molecule has 2 heterocycles. The lowest BCUT2D eigenvalue weighted by atomic mass is 10.2. The van der Waals surface area contributed by atoms with Crippen LogP contribution in [0.1, 0.15) is 11.5 Å². The third kappa shape index (κ3) is 3.91. The van der Waals surface area contributed by atoms with Crippen LogP contribution in [0.5, 0.6) is 11.5 Å². The highest BCUT2D eigenvalue weighted by Gasteiger charge is 2.12. The van der Waals surface area contributed by atoms with E-state index in [4.69, 9.17) is 14.5 Å². The van der Waals surface area contributed by atoms with Crippen LogP contribution in [0.3, 0.4) is 0 Å². The van der Waals surface area contributed by atoms with Gasteiger partial charge in [-0.05, 0) is 25.1 Å². The van der Waals surface area contributed by atoms with Gasteiger partial charge in [-0.25, -0.2) is 4.98 Å². The maximum atomic E-state index is 5.37. The van der Waals surface area contributed by atoms with Crippen molar-refractivity contribution in [3.63, 3.8) is 0 Å². The summed E-state index contributed by atoms with van der Waals surface area (Å²) in [6.07, 6.45) is 1.85. The molecular formula is C18H20N4O2S2. The van der Waals surface area contributed by atoms with E-state index < -0.39 is 0 Å². The summed E-state index contributed by atoms with van der Waals surface area (Å²) in [6, 6.07) is 5.82. The minimum absolute atomic E-state index is 0.698. The molecule has 1 aromatic carbocycles. The second-order valence-electron chi connectivity index (χ2n) is 5.43. The molecular weight excluding hydrogens is 368 g/mol. The summed E-state index contributed by atoms with van der Waals surface area (Å²) in [5.41, 5.74) is 2.02. The molecule has 8 heteroatoms. The number of aryl methyl sites for hydroxylation is 1. The van der Waals surface area contributed by atoms with Crippen LogP contribution < -0.4 is 9.47 Å². The van der Waals surface area contributed by atoms with Gasteiger partial charge in [0.05, 0.1) is 19.9 Å². The number of rotatable bonds is 8. The van der Waals surface area contributed by atoms with Gasteiger partial charge in [0.15, 0.2) is 16.7 Å². The van der Waals surface area contributed by atoms with Gasteiger partial charge in [0.2, 0.25) is 0 Å². The number of allylic oxidation sites excluding steroid dienone is 1. The molecule has 136 valence electrons. The van der Waals surface area contributed by atoms with Crippen LogP contribution in [0, 0.1) is 6.92 Å². The Morgan fingerprint density at radius 2 is 2.04 bits per heavy atom. The Balaban J connectivity index is 1.73. The number of ether oxygens (including phenoxy) is 2. The number of aromatic nitrogens is 4. The molecule has 2 aromatic heterocycles. The Kier molecular flexibility index (Phi) is 5.95. The number of nitrogens with zero attached hydrogens (tertiary/aromatic N) is 4. The highest BCUT2D eigenvalue weighted by Crippen LogP contribution is 2.34. The van der Waals surface area contributed by atoms with Crippen LogP contribution in [0.25, 0.3) is 10.6 Å². The van der Waals surface area contributed by atoms with Crippen molar-refractivity contribution in [1.82, 2.24) is 19.7 Å². The summed E-state index contributed by atoms with van der Waals surface area (Å²) in [4.78, 5) is 4.73. The standard InChI is InChI=1S/C18H20N4O2S2/c1-5-8-22-12(2)20-21-18(22)26-11-14-10-25-17(19-14)13-6-7-15(23-3)16(9-13)24-4/h5-7,9-10H,1,8,11H2,2-4H3. The average molecular weight is 389 g/mol. The van der Waals surface area contributed by atoms with E-state index in [1.54, 1.807) is 37.3 Å². The third-order valence-electron chi connectivity index (χ3n) is 3.74. The highest BCUT2D eigenvalue weighted by atomic mass is 32.2. The van der Waals surface area contributed by atoms with Gasteiger partial charge >= 0.3 is 0 Å². The molecule has 0 aliphatic carbocycles. The second-order valence-corrected chi connectivity index (χ2v) is 7.23. The summed E-state index contributed by atoms with van der Waals surface area (Å²) < 4.78 is 12.7. The molecule has 0 N–H and O–H groups in total.